The van der Waals surface area contributed by atoms with Crippen LogP contribution in [0.2, 0.25) is 0 Å². The average Bonchev–Trinajstić information content (AvgIpc) is 3.04. The largest absolute Gasteiger partial charge is 0.350 e. The van der Waals surface area contributed by atoms with Crippen LogP contribution in [0, 0.1) is 0 Å². The fourth-order valence-corrected chi connectivity index (χ4v) is 4.07. The summed E-state index contributed by atoms with van der Waals surface area (Å²) in [5.74, 6) is 0. The van der Waals surface area contributed by atoms with E-state index >= 15 is 0 Å². The first-order valence-electron chi connectivity index (χ1n) is 8.66. The molecule has 0 unspecified atom stereocenters. The molecule has 1 heterocycles. The van der Waals surface area contributed by atoms with Crippen molar-refractivity contribution in [1.29, 1.82) is 0 Å². The smallest absolute Gasteiger partial charge is 0.299 e. The molecule has 2 aliphatic rings. The molecule has 28 heavy (non-hydrogen) atoms. The zero-order valence-corrected chi connectivity index (χ0v) is 15.4. The Balaban J connectivity index is 1.75. The van der Waals surface area contributed by atoms with Gasteiger partial charge in [0.25, 0.3) is 10.0 Å². The molecular weight excluding hydrogens is 372 g/mol. The Morgan fingerprint density at radius 2 is 1.46 bits per heavy atom. The second-order valence-electron chi connectivity index (χ2n) is 6.34. The minimum atomic E-state index is -3.89. The molecule has 0 bridgehead atoms. The molecule has 6 nitrogen and oxygen atoms in total. The quantitative estimate of drug-likeness (QED) is 0.427. The maximum atomic E-state index is 12.5. The summed E-state index contributed by atoms with van der Waals surface area (Å²) in [7, 11) is -3.89. The van der Waals surface area contributed by atoms with Gasteiger partial charge in [-0.3, -0.25) is 0 Å². The first-order valence-corrected chi connectivity index (χ1v) is 10.1. The van der Waals surface area contributed by atoms with Gasteiger partial charge in [0.15, 0.2) is 0 Å². The molecule has 0 amide bonds. The van der Waals surface area contributed by atoms with Crippen LogP contribution in [0.15, 0.2) is 93.4 Å². The van der Waals surface area contributed by atoms with Crippen molar-refractivity contribution in [2.45, 2.75) is 4.90 Å². The molecule has 0 saturated heterocycles. The summed E-state index contributed by atoms with van der Waals surface area (Å²) in [4.78, 5) is 8.18. The summed E-state index contributed by atoms with van der Waals surface area (Å²) in [6.45, 7) is 0. The Kier molecular flexibility index (Phi) is 3.70. The topological polar surface area (TPSA) is 87.5 Å². The van der Waals surface area contributed by atoms with Crippen LogP contribution in [0.5, 0.6) is 0 Å². The highest BCUT2D eigenvalue weighted by molar-refractivity contribution is 7.90. The van der Waals surface area contributed by atoms with Gasteiger partial charge >= 0.3 is 0 Å². The maximum absolute atomic E-state index is 12.5. The number of H-pyrrole nitrogens is 1. The highest BCUT2D eigenvalue weighted by atomic mass is 32.2. The van der Waals surface area contributed by atoms with Crippen molar-refractivity contribution >= 4 is 37.5 Å². The van der Waals surface area contributed by atoms with E-state index in [-0.39, 0.29) is 4.90 Å². The van der Waals surface area contributed by atoms with Crippen LogP contribution < -0.4 is 0 Å². The number of rotatable bonds is 3. The Hall–Kier alpha value is -3.58. The van der Waals surface area contributed by atoms with Crippen LogP contribution in [0.4, 0.5) is 5.69 Å². The average molecular weight is 386 g/mol. The predicted molar refractivity (Wildman–Crippen MR) is 108 cm³/mol. The van der Waals surface area contributed by atoms with Gasteiger partial charge in [0.1, 0.15) is 5.69 Å². The predicted octanol–water partition coefficient (Wildman–Crippen LogP) is 5.29. The Morgan fingerprint density at radius 3 is 2.29 bits per heavy atom. The van der Waals surface area contributed by atoms with E-state index in [2.05, 4.69) is 14.6 Å². The third kappa shape index (κ3) is 2.64. The zero-order valence-electron chi connectivity index (χ0n) is 14.6. The first-order chi connectivity index (χ1) is 13.6. The van der Waals surface area contributed by atoms with Gasteiger partial charge in [-0.2, -0.15) is 8.42 Å². The zero-order chi connectivity index (χ0) is 19.1. The van der Waals surface area contributed by atoms with E-state index in [0.29, 0.717) is 11.4 Å². The van der Waals surface area contributed by atoms with Gasteiger partial charge in [-0.15, -0.1) is 5.11 Å². The van der Waals surface area contributed by atoms with E-state index in [0.717, 1.165) is 27.5 Å². The summed E-state index contributed by atoms with van der Waals surface area (Å²) in [6.07, 6.45) is 0. The molecule has 136 valence electrons. The van der Waals surface area contributed by atoms with Crippen LogP contribution in [0.25, 0.3) is 33.2 Å². The second kappa shape index (κ2) is 6.24. The number of nitrogens with one attached hydrogen (secondary N) is 1. The van der Waals surface area contributed by atoms with Crippen molar-refractivity contribution in [1.82, 2.24) is 9.97 Å². The monoisotopic (exact) mass is 386 g/mol. The number of hydrogen-bond acceptors (Lipinski definition) is 4. The Bertz CT molecular complexity index is 1420. The molecule has 7 heteroatoms. The SMILES string of the molecule is O=S(=O)(N=Nc1c2[nH]c3ccccc3nc-2c2ccccc12)c1ccccc1. The van der Waals surface area contributed by atoms with E-state index in [1.807, 2.05) is 48.5 Å². The van der Waals surface area contributed by atoms with Gasteiger partial charge < -0.3 is 4.98 Å². The number of aromatic amines is 1. The highest BCUT2D eigenvalue weighted by Crippen LogP contribution is 2.43. The molecular formula is C21H14N4O2S. The summed E-state index contributed by atoms with van der Waals surface area (Å²) < 4.78 is 28.7. The van der Waals surface area contributed by atoms with E-state index in [1.54, 1.807) is 18.2 Å². The molecule has 1 aliphatic carbocycles. The molecule has 5 rings (SSSR count). The lowest BCUT2D eigenvalue weighted by atomic mass is 10.2. The molecule has 1 N–H and O–H groups in total. The van der Waals surface area contributed by atoms with Crippen LogP contribution >= 0.6 is 0 Å². The van der Waals surface area contributed by atoms with Crippen molar-refractivity contribution in [3.8, 4) is 11.4 Å². The van der Waals surface area contributed by atoms with Crippen molar-refractivity contribution in [3.05, 3.63) is 78.9 Å². The van der Waals surface area contributed by atoms with Gasteiger partial charge in [-0.1, -0.05) is 59.1 Å². The fourth-order valence-electron chi connectivity index (χ4n) is 3.28. The molecule has 0 aromatic heterocycles. The van der Waals surface area contributed by atoms with Crippen LogP contribution in [0.1, 0.15) is 0 Å². The Labute approximate surface area is 161 Å². The number of hydrogen-bond donors (Lipinski definition) is 1. The van der Waals surface area contributed by atoms with Gasteiger partial charge in [0.2, 0.25) is 0 Å². The van der Waals surface area contributed by atoms with Crippen molar-refractivity contribution < 1.29 is 8.42 Å². The number of para-hydroxylation sites is 2. The van der Waals surface area contributed by atoms with Gasteiger partial charge in [-0.25, -0.2) is 4.98 Å². The van der Waals surface area contributed by atoms with Crippen LogP contribution in [0.3, 0.4) is 0 Å². The summed E-state index contributed by atoms with van der Waals surface area (Å²) in [5, 5.41) is 5.83. The molecule has 0 spiro atoms. The van der Waals surface area contributed by atoms with Gasteiger partial charge in [0, 0.05) is 10.8 Å². The molecule has 1 aliphatic heterocycles. The lowest BCUT2D eigenvalue weighted by Crippen LogP contribution is -1.94. The second-order valence-corrected chi connectivity index (χ2v) is 7.93. The fraction of sp³-hybridized carbons (Fsp3) is 0. The van der Waals surface area contributed by atoms with Crippen molar-refractivity contribution in [2.75, 3.05) is 0 Å². The highest BCUT2D eigenvalue weighted by Gasteiger charge is 2.21. The maximum Gasteiger partial charge on any atom is 0.299 e. The van der Waals surface area contributed by atoms with E-state index in [4.69, 9.17) is 4.98 Å². The van der Waals surface area contributed by atoms with Crippen LogP contribution in [-0.2, 0) is 10.0 Å². The summed E-state index contributed by atoms with van der Waals surface area (Å²) in [5.41, 5.74) is 3.52. The standard InChI is InChI=1S/C21H14N4O2S/c26-28(27,14-8-2-1-3-9-14)25-24-20-16-11-5-4-10-15(16)19-21(20)23-18-13-7-6-12-17(18)22-19/h1-13,23H. The lowest BCUT2D eigenvalue weighted by molar-refractivity contribution is 0.595. The molecule has 3 aromatic rings. The minimum absolute atomic E-state index is 0.103. The van der Waals surface area contributed by atoms with E-state index in [1.165, 1.54) is 12.1 Å². The number of sulfonamides is 1. The number of fused-ring (bicyclic) bond motifs is 4. The molecule has 0 radical (unpaired) electrons. The van der Waals surface area contributed by atoms with Crippen molar-refractivity contribution in [2.24, 2.45) is 9.63 Å². The normalized spacial score (nSPS) is 12.4. The molecule has 0 saturated carbocycles. The Morgan fingerprint density at radius 1 is 0.786 bits per heavy atom. The number of benzene rings is 3. The summed E-state index contributed by atoms with van der Waals surface area (Å²) in [6, 6.07) is 23.4. The minimum Gasteiger partial charge on any atom is -0.350 e. The third-order valence-electron chi connectivity index (χ3n) is 4.60. The number of aromatic nitrogens is 2. The van der Waals surface area contributed by atoms with Gasteiger partial charge in [-0.05, 0) is 24.3 Å². The molecule has 0 fully saturated rings. The summed E-state index contributed by atoms with van der Waals surface area (Å²) >= 11 is 0. The van der Waals surface area contributed by atoms with E-state index in [9.17, 15) is 8.42 Å². The third-order valence-corrected chi connectivity index (χ3v) is 5.76. The molecule has 0 atom stereocenters. The molecule has 3 aromatic carbocycles. The van der Waals surface area contributed by atoms with Crippen molar-refractivity contribution in [3.63, 3.8) is 0 Å². The van der Waals surface area contributed by atoms with E-state index < -0.39 is 10.0 Å². The lowest BCUT2D eigenvalue weighted by Gasteiger charge is -2.04. The van der Waals surface area contributed by atoms with Gasteiger partial charge in [0.05, 0.1) is 27.3 Å². The first kappa shape index (κ1) is 16.6. The van der Waals surface area contributed by atoms with Crippen LogP contribution in [-0.4, -0.2) is 18.4 Å². The number of nitrogens with zero attached hydrogens (tertiary/aromatic N) is 3.